The van der Waals surface area contributed by atoms with Gasteiger partial charge in [-0.15, -0.1) is 0 Å². The van der Waals surface area contributed by atoms with Crippen LogP contribution in [-0.4, -0.2) is 12.1 Å². The van der Waals surface area contributed by atoms with Gasteiger partial charge in [0.15, 0.2) is 0 Å². The smallest absolute Gasteiger partial charge is 0.319 e. The zero-order chi connectivity index (χ0) is 15.5. The van der Waals surface area contributed by atoms with E-state index < -0.39 is 0 Å². The Labute approximate surface area is 138 Å². The number of urea groups is 1. The highest BCUT2D eigenvalue weighted by Crippen LogP contribution is 2.24. The molecular weight excluding hydrogens is 342 g/mol. The first-order valence-corrected chi connectivity index (χ1v) is 8.10. The monoisotopic (exact) mass is 359 g/mol. The van der Waals surface area contributed by atoms with Gasteiger partial charge in [-0.3, -0.25) is 0 Å². The molecule has 2 aromatic carbocycles. The molecule has 2 amide bonds. The van der Waals surface area contributed by atoms with Gasteiger partial charge in [0.1, 0.15) is 0 Å². The fraction of sp³-hybridized carbons (Fsp3) is 0.235. The highest BCUT2D eigenvalue weighted by molar-refractivity contribution is 9.10. The van der Waals surface area contributed by atoms with Crippen molar-refractivity contribution >= 4 is 39.0 Å². The highest BCUT2D eigenvalue weighted by atomic mass is 79.9. The van der Waals surface area contributed by atoms with Crippen molar-refractivity contribution in [2.75, 3.05) is 10.6 Å². The molecule has 0 spiro atoms. The molecule has 0 aliphatic heterocycles. The molecule has 114 valence electrons. The molecule has 0 saturated heterocycles. The molecule has 3 N–H and O–H groups in total. The first kappa shape index (κ1) is 14.9. The molecule has 3 rings (SSSR count). The van der Waals surface area contributed by atoms with Crippen LogP contribution in [-0.2, 0) is 0 Å². The fourth-order valence-corrected chi connectivity index (χ4v) is 2.43. The summed E-state index contributed by atoms with van der Waals surface area (Å²) in [4.78, 5) is 11.7. The molecular formula is C17H18BrN3O. The second-order valence-corrected chi connectivity index (χ2v) is 6.39. The summed E-state index contributed by atoms with van der Waals surface area (Å²) in [6.45, 7) is 2.06. The van der Waals surface area contributed by atoms with Gasteiger partial charge < -0.3 is 16.0 Å². The summed E-state index contributed by atoms with van der Waals surface area (Å²) in [6, 6.07) is 14.0. The van der Waals surface area contributed by atoms with E-state index in [1.165, 1.54) is 5.56 Å². The van der Waals surface area contributed by atoms with Crippen LogP contribution in [0.15, 0.2) is 46.9 Å². The summed E-state index contributed by atoms with van der Waals surface area (Å²) in [5, 5.41) is 9.07. The normalized spacial score (nSPS) is 13.5. The van der Waals surface area contributed by atoms with Crippen LogP contribution >= 0.6 is 15.9 Å². The number of anilines is 3. The van der Waals surface area contributed by atoms with Crippen molar-refractivity contribution in [1.29, 1.82) is 0 Å². The highest BCUT2D eigenvalue weighted by Gasteiger charge is 2.23. The van der Waals surface area contributed by atoms with Gasteiger partial charge in [0.25, 0.3) is 0 Å². The number of carbonyl (C=O) groups excluding carboxylic acids is 1. The van der Waals surface area contributed by atoms with Gasteiger partial charge in [-0.1, -0.05) is 22.0 Å². The summed E-state index contributed by atoms with van der Waals surface area (Å²) in [5.74, 6) is 0. The van der Waals surface area contributed by atoms with E-state index in [1.54, 1.807) is 0 Å². The minimum Gasteiger partial charge on any atom is -0.355 e. The number of rotatable bonds is 4. The third-order valence-electron chi connectivity index (χ3n) is 3.52. The molecule has 0 bridgehead atoms. The largest absolute Gasteiger partial charge is 0.355 e. The van der Waals surface area contributed by atoms with E-state index >= 15 is 0 Å². The van der Waals surface area contributed by atoms with E-state index in [0.29, 0.717) is 6.04 Å². The molecule has 5 heteroatoms. The van der Waals surface area contributed by atoms with Gasteiger partial charge in [-0.2, -0.15) is 0 Å². The van der Waals surface area contributed by atoms with Gasteiger partial charge in [-0.25, -0.2) is 4.79 Å². The van der Waals surface area contributed by atoms with Crippen LogP contribution in [0.4, 0.5) is 21.9 Å². The molecule has 1 saturated carbocycles. The Balaban J connectivity index is 1.60. The lowest BCUT2D eigenvalue weighted by atomic mass is 10.2. The number of benzene rings is 2. The maximum atomic E-state index is 11.7. The van der Waals surface area contributed by atoms with Gasteiger partial charge >= 0.3 is 6.03 Å². The third kappa shape index (κ3) is 4.01. The average molecular weight is 360 g/mol. The Kier molecular flexibility index (Phi) is 4.34. The third-order valence-corrected chi connectivity index (χ3v) is 4.37. The number of carbonyl (C=O) groups is 1. The number of hydrogen-bond donors (Lipinski definition) is 3. The predicted octanol–water partition coefficient (Wildman–Crippen LogP) is 4.79. The summed E-state index contributed by atoms with van der Waals surface area (Å²) in [6.07, 6.45) is 2.17. The van der Waals surface area contributed by atoms with Gasteiger partial charge in [0.05, 0.1) is 0 Å². The van der Waals surface area contributed by atoms with Crippen LogP contribution in [0.5, 0.6) is 0 Å². The zero-order valence-corrected chi connectivity index (χ0v) is 13.9. The van der Waals surface area contributed by atoms with Crippen LogP contribution in [0.2, 0.25) is 0 Å². The van der Waals surface area contributed by atoms with Crippen LogP contribution in [0.1, 0.15) is 18.4 Å². The molecule has 1 aliphatic carbocycles. The second kappa shape index (κ2) is 6.40. The van der Waals surface area contributed by atoms with Crippen LogP contribution in [0.25, 0.3) is 0 Å². The Morgan fingerprint density at radius 3 is 2.32 bits per heavy atom. The van der Waals surface area contributed by atoms with Crippen LogP contribution < -0.4 is 16.0 Å². The molecule has 0 radical (unpaired) electrons. The van der Waals surface area contributed by atoms with E-state index in [2.05, 4.69) is 44.9 Å². The number of halogens is 1. The first-order chi connectivity index (χ1) is 10.6. The molecule has 0 heterocycles. The van der Waals surface area contributed by atoms with Crippen molar-refractivity contribution in [2.24, 2.45) is 0 Å². The SMILES string of the molecule is Cc1ccc(Nc2ccc(NC(=O)NC3CC3)cc2)cc1Br. The summed E-state index contributed by atoms with van der Waals surface area (Å²) < 4.78 is 1.08. The number of hydrogen-bond acceptors (Lipinski definition) is 2. The lowest BCUT2D eigenvalue weighted by molar-refractivity contribution is 0.251. The molecule has 4 nitrogen and oxygen atoms in total. The Morgan fingerprint density at radius 2 is 1.68 bits per heavy atom. The van der Waals surface area contributed by atoms with E-state index in [-0.39, 0.29) is 6.03 Å². The number of aryl methyl sites for hydroxylation is 1. The van der Waals surface area contributed by atoms with E-state index in [4.69, 9.17) is 0 Å². The van der Waals surface area contributed by atoms with Crippen molar-refractivity contribution in [1.82, 2.24) is 5.32 Å². The minimum absolute atomic E-state index is 0.134. The number of amides is 2. The predicted molar refractivity (Wildman–Crippen MR) is 93.8 cm³/mol. The molecule has 0 aromatic heterocycles. The molecule has 1 aliphatic rings. The van der Waals surface area contributed by atoms with Gasteiger partial charge in [0, 0.05) is 27.6 Å². The molecule has 0 unspecified atom stereocenters. The maximum absolute atomic E-state index is 11.7. The Morgan fingerprint density at radius 1 is 1.05 bits per heavy atom. The van der Waals surface area contributed by atoms with Crippen molar-refractivity contribution in [3.8, 4) is 0 Å². The van der Waals surface area contributed by atoms with E-state index in [9.17, 15) is 4.79 Å². The maximum Gasteiger partial charge on any atom is 0.319 e. The minimum atomic E-state index is -0.134. The van der Waals surface area contributed by atoms with E-state index in [0.717, 1.165) is 34.4 Å². The lowest BCUT2D eigenvalue weighted by Gasteiger charge is -2.10. The van der Waals surface area contributed by atoms with Gasteiger partial charge in [-0.05, 0) is 61.7 Å². The first-order valence-electron chi connectivity index (χ1n) is 7.31. The average Bonchev–Trinajstić information content (AvgIpc) is 3.29. The Bertz CT molecular complexity index is 681. The van der Waals surface area contributed by atoms with Crippen molar-refractivity contribution < 1.29 is 4.79 Å². The molecule has 0 atom stereocenters. The standard InChI is InChI=1S/C17H18BrN3O/c1-11-2-3-15(10-16(11)18)19-12-4-6-13(7-5-12)20-17(22)21-14-8-9-14/h2-7,10,14,19H,8-9H2,1H3,(H2,20,21,22). The Hall–Kier alpha value is -2.01. The second-order valence-electron chi connectivity index (χ2n) is 5.54. The number of nitrogens with one attached hydrogen (secondary N) is 3. The molecule has 1 fully saturated rings. The van der Waals surface area contributed by atoms with Gasteiger partial charge in [0.2, 0.25) is 0 Å². The van der Waals surface area contributed by atoms with Crippen molar-refractivity contribution in [3.05, 3.63) is 52.5 Å². The lowest BCUT2D eigenvalue weighted by Crippen LogP contribution is -2.30. The molecule has 22 heavy (non-hydrogen) atoms. The summed E-state index contributed by atoms with van der Waals surface area (Å²) in [5.41, 5.74) is 3.98. The van der Waals surface area contributed by atoms with Crippen LogP contribution in [0.3, 0.4) is 0 Å². The quantitative estimate of drug-likeness (QED) is 0.735. The topological polar surface area (TPSA) is 53.2 Å². The summed E-state index contributed by atoms with van der Waals surface area (Å²) in [7, 11) is 0. The zero-order valence-electron chi connectivity index (χ0n) is 12.3. The van der Waals surface area contributed by atoms with Crippen LogP contribution in [0, 0.1) is 6.92 Å². The van der Waals surface area contributed by atoms with E-state index in [1.807, 2.05) is 36.4 Å². The fourth-order valence-electron chi connectivity index (χ4n) is 2.05. The van der Waals surface area contributed by atoms with Crippen molar-refractivity contribution in [2.45, 2.75) is 25.8 Å². The summed E-state index contributed by atoms with van der Waals surface area (Å²) >= 11 is 3.53. The van der Waals surface area contributed by atoms with Crippen molar-refractivity contribution in [3.63, 3.8) is 0 Å². The molecule has 2 aromatic rings.